The normalized spacial score (nSPS) is 10.5. The molecule has 17 heavy (non-hydrogen) atoms. The van der Waals surface area contributed by atoms with Crippen molar-refractivity contribution in [3.8, 4) is 0 Å². The summed E-state index contributed by atoms with van der Waals surface area (Å²) in [7, 11) is 0. The molecular weight excluding hydrogens is 307 g/mol. The number of benzene rings is 1. The summed E-state index contributed by atoms with van der Waals surface area (Å²) in [4.78, 5) is 8.59. The standard InChI is InChI=1S/C12H6Cl2N2.Cu/c13-9-6-8-4-3-7-2-1-5-15-10(7)11(8)16-12(9)14;/h1-6H;/q;+2. The Kier molecular flexibility index (Phi) is 3.55. The summed E-state index contributed by atoms with van der Waals surface area (Å²) in [5, 5.41) is 2.76. The van der Waals surface area contributed by atoms with Crippen molar-refractivity contribution in [2.24, 2.45) is 0 Å². The van der Waals surface area contributed by atoms with Gasteiger partial charge in [0, 0.05) is 17.0 Å². The van der Waals surface area contributed by atoms with E-state index in [1.54, 1.807) is 12.3 Å². The van der Waals surface area contributed by atoms with E-state index in [-0.39, 0.29) is 17.1 Å². The fourth-order valence-corrected chi connectivity index (χ4v) is 2.03. The van der Waals surface area contributed by atoms with Crippen LogP contribution in [0.5, 0.6) is 0 Å². The Hall–Kier alpha value is -0.861. The van der Waals surface area contributed by atoms with E-state index in [0.717, 1.165) is 21.8 Å². The van der Waals surface area contributed by atoms with Gasteiger partial charge in [0.1, 0.15) is 5.15 Å². The van der Waals surface area contributed by atoms with Crippen LogP contribution >= 0.6 is 23.2 Å². The molecule has 0 N–H and O–H groups in total. The van der Waals surface area contributed by atoms with Crippen LogP contribution in [-0.2, 0) is 17.1 Å². The van der Waals surface area contributed by atoms with E-state index in [1.807, 2.05) is 24.3 Å². The van der Waals surface area contributed by atoms with Crippen molar-refractivity contribution < 1.29 is 17.1 Å². The van der Waals surface area contributed by atoms with Gasteiger partial charge in [-0.2, -0.15) is 0 Å². The molecule has 2 heterocycles. The predicted octanol–water partition coefficient (Wildman–Crippen LogP) is 4.09. The van der Waals surface area contributed by atoms with Gasteiger partial charge in [0.25, 0.3) is 0 Å². The number of halogens is 2. The summed E-state index contributed by atoms with van der Waals surface area (Å²) in [6.45, 7) is 0. The molecule has 0 saturated heterocycles. The molecule has 2 aromatic heterocycles. The van der Waals surface area contributed by atoms with Crippen LogP contribution in [0.2, 0.25) is 10.2 Å². The summed E-state index contributed by atoms with van der Waals surface area (Å²) < 4.78 is 0. The molecule has 1 aromatic carbocycles. The molecule has 3 aromatic rings. The first kappa shape index (κ1) is 12.6. The quantitative estimate of drug-likeness (QED) is 0.355. The minimum absolute atomic E-state index is 0. The number of rotatable bonds is 0. The largest absolute Gasteiger partial charge is 2.00 e. The van der Waals surface area contributed by atoms with Crippen LogP contribution in [0.1, 0.15) is 0 Å². The van der Waals surface area contributed by atoms with Gasteiger partial charge in [-0.1, -0.05) is 41.4 Å². The maximum Gasteiger partial charge on any atom is 2.00 e. The fourth-order valence-electron chi connectivity index (χ4n) is 1.73. The molecule has 0 fully saturated rings. The van der Waals surface area contributed by atoms with Crippen molar-refractivity contribution in [1.82, 2.24) is 9.97 Å². The third kappa shape index (κ3) is 2.12. The van der Waals surface area contributed by atoms with E-state index in [4.69, 9.17) is 23.2 Å². The van der Waals surface area contributed by atoms with Gasteiger partial charge in [-0.05, 0) is 12.1 Å². The third-order valence-electron chi connectivity index (χ3n) is 2.47. The van der Waals surface area contributed by atoms with Crippen molar-refractivity contribution in [2.45, 2.75) is 0 Å². The minimum atomic E-state index is 0. The summed E-state index contributed by atoms with van der Waals surface area (Å²) in [6, 6.07) is 9.66. The number of nitrogens with zero attached hydrogens (tertiary/aromatic N) is 2. The van der Waals surface area contributed by atoms with Gasteiger partial charge in [0.05, 0.1) is 16.1 Å². The molecule has 0 atom stereocenters. The van der Waals surface area contributed by atoms with Gasteiger partial charge in [-0.25, -0.2) is 4.98 Å². The Morgan fingerprint density at radius 2 is 1.71 bits per heavy atom. The van der Waals surface area contributed by atoms with Gasteiger partial charge in [-0.15, -0.1) is 0 Å². The van der Waals surface area contributed by atoms with E-state index in [1.165, 1.54) is 0 Å². The van der Waals surface area contributed by atoms with E-state index >= 15 is 0 Å². The van der Waals surface area contributed by atoms with Crippen LogP contribution in [-0.4, -0.2) is 9.97 Å². The predicted molar refractivity (Wildman–Crippen MR) is 67.1 cm³/mol. The molecule has 0 unspecified atom stereocenters. The van der Waals surface area contributed by atoms with Crippen LogP contribution in [0.15, 0.2) is 36.5 Å². The van der Waals surface area contributed by atoms with Crippen molar-refractivity contribution in [3.05, 3.63) is 46.7 Å². The van der Waals surface area contributed by atoms with E-state index < -0.39 is 0 Å². The number of hydrogen-bond acceptors (Lipinski definition) is 2. The fraction of sp³-hybridized carbons (Fsp3) is 0. The van der Waals surface area contributed by atoms with E-state index in [9.17, 15) is 0 Å². The summed E-state index contributed by atoms with van der Waals surface area (Å²) in [6.07, 6.45) is 1.74. The minimum Gasteiger partial charge on any atom is -0.254 e. The Morgan fingerprint density at radius 1 is 0.941 bits per heavy atom. The Labute approximate surface area is 118 Å². The topological polar surface area (TPSA) is 25.8 Å². The van der Waals surface area contributed by atoms with Crippen molar-refractivity contribution in [2.75, 3.05) is 0 Å². The second kappa shape index (κ2) is 4.79. The molecule has 0 bridgehead atoms. The monoisotopic (exact) mass is 311 g/mol. The molecular formula is C12H6Cl2CuN2+2. The van der Waals surface area contributed by atoms with Gasteiger partial charge in [-0.3, -0.25) is 4.98 Å². The first-order chi connectivity index (χ1) is 7.75. The number of fused-ring (bicyclic) bond motifs is 3. The number of hydrogen-bond donors (Lipinski definition) is 0. The molecule has 0 aliphatic carbocycles. The maximum atomic E-state index is 5.92. The van der Waals surface area contributed by atoms with Gasteiger partial charge >= 0.3 is 17.1 Å². The maximum absolute atomic E-state index is 5.92. The smallest absolute Gasteiger partial charge is 0.254 e. The van der Waals surface area contributed by atoms with Gasteiger partial charge < -0.3 is 0 Å². The molecule has 0 spiro atoms. The van der Waals surface area contributed by atoms with Crippen molar-refractivity contribution in [1.29, 1.82) is 0 Å². The van der Waals surface area contributed by atoms with Crippen molar-refractivity contribution in [3.63, 3.8) is 0 Å². The van der Waals surface area contributed by atoms with Crippen LogP contribution in [0.25, 0.3) is 21.8 Å². The van der Waals surface area contributed by atoms with Crippen LogP contribution < -0.4 is 0 Å². The summed E-state index contributed by atoms with van der Waals surface area (Å²) >= 11 is 11.8. The molecule has 0 amide bonds. The molecule has 5 heteroatoms. The van der Waals surface area contributed by atoms with Crippen LogP contribution in [0.4, 0.5) is 0 Å². The molecule has 0 saturated carbocycles. The zero-order chi connectivity index (χ0) is 11.1. The molecule has 87 valence electrons. The Bertz CT molecular complexity index is 700. The molecule has 2 nitrogen and oxygen atoms in total. The Balaban J connectivity index is 0.00000108. The average Bonchev–Trinajstić information content (AvgIpc) is 2.31. The zero-order valence-corrected chi connectivity index (χ0v) is 10.9. The summed E-state index contributed by atoms with van der Waals surface area (Å²) in [5.74, 6) is 0. The van der Waals surface area contributed by atoms with E-state index in [2.05, 4.69) is 9.97 Å². The SMILES string of the molecule is Clc1cc2ccc3cccnc3c2nc1Cl.[Cu+2]. The molecule has 0 aliphatic rings. The zero-order valence-electron chi connectivity index (χ0n) is 8.42. The second-order valence-electron chi connectivity index (χ2n) is 3.47. The second-order valence-corrected chi connectivity index (χ2v) is 4.24. The van der Waals surface area contributed by atoms with Crippen molar-refractivity contribution >= 4 is 45.0 Å². The summed E-state index contributed by atoms with van der Waals surface area (Å²) in [5.41, 5.74) is 1.63. The van der Waals surface area contributed by atoms with Crippen LogP contribution in [0, 0.1) is 0 Å². The number of pyridine rings is 2. The molecule has 1 radical (unpaired) electrons. The van der Waals surface area contributed by atoms with Gasteiger partial charge in [0.15, 0.2) is 0 Å². The molecule has 3 rings (SSSR count). The first-order valence-corrected chi connectivity index (χ1v) is 5.51. The number of aromatic nitrogens is 2. The third-order valence-corrected chi connectivity index (χ3v) is 3.14. The van der Waals surface area contributed by atoms with Gasteiger partial charge in [0.2, 0.25) is 0 Å². The van der Waals surface area contributed by atoms with Crippen LogP contribution in [0.3, 0.4) is 0 Å². The molecule has 0 aliphatic heterocycles. The van der Waals surface area contributed by atoms with E-state index in [0.29, 0.717) is 10.2 Å². The average molecular weight is 313 g/mol. The Morgan fingerprint density at radius 3 is 2.53 bits per heavy atom. The first-order valence-electron chi connectivity index (χ1n) is 4.75.